The molecule has 1 rings (SSSR count). The predicted molar refractivity (Wildman–Crippen MR) is 59.6 cm³/mol. The zero-order valence-corrected chi connectivity index (χ0v) is 9.70. The van der Waals surface area contributed by atoms with Crippen LogP contribution < -0.4 is 5.73 Å². The molecule has 0 unspecified atom stereocenters. The van der Waals surface area contributed by atoms with Crippen LogP contribution in [0, 0.1) is 5.41 Å². The van der Waals surface area contributed by atoms with Gasteiger partial charge in [-0.25, -0.2) is 0 Å². The number of nitrogens with zero attached hydrogens (tertiary/aromatic N) is 1. The Balaban J connectivity index is 2.51. The van der Waals surface area contributed by atoms with Gasteiger partial charge in [0.2, 0.25) is 0 Å². The fourth-order valence-corrected chi connectivity index (χ4v) is 2.46. The lowest BCUT2D eigenvalue weighted by atomic mass is 10.1. The van der Waals surface area contributed by atoms with Gasteiger partial charge in [-0.15, -0.1) is 0 Å². The maximum absolute atomic E-state index is 12.6. The Labute approximate surface area is 97.1 Å². The Morgan fingerprint density at radius 2 is 1.88 bits per heavy atom. The zero-order valence-electron chi connectivity index (χ0n) is 8.89. The van der Waals surface area contributed by atoms with Gasteiger partial charge in [-0.2, -0.15) is 13.2 Å². The van der Waals surface area contributed by atoms with Gasteiger partial charge < -0.3 is 10.6 Å². The van der Waals surface area contributed by atoms with Crippen LogP contribution in [-0.4, -0.2) is 41.1 Å². The van der Waals surface area contributed by atoms with E-state index >= 15 is 0 Å². The molecule has 0 radical (unpaired) electrons. The molecule has 1 atom stereocenters. The Kier molecular flexibility index (Phi) is 4.91. The summed E-state index contributed by atoms with van der Waals surface area (Å²) in [5, 5.41) is 4.89. The van der Waals surface area contributed by atoms with Crippen molar-refractivity contribution < 1.29 is 13.2 Å². The number of amidine groups is 1. The van der Waals surface area contributed by atoms with Crippen molar-refractivity contribution in [3.63, 3.8) is 0 Å². The molecule has 16 heavy (non-hydrogen) atoms. The molecule has 0 aromatic carbocycles. The maximum atomic E-state index is 12.6. The van der Waals surface area contributed by atoms with Crippen LogP contribution in [0.1, 0.15) is 19.3 Å². The van der Waals surface area contributed by atoms with Crippen LogP contribution in [0.25, 0.3) is 0 Å². The lowest BCUT2D eigenvalue weighted by Gasteiger charge is -2.30. The molecule has 0 aliphatic carbocycles. The minimum Gasteiger partial charge on any atom is -0.379 e. The van der Waals surface area contributed by atoms with E-state index in [1.54, 1.807) is 4.90 Å². The molecular weight excluding hydrogens is 239 g/mol. The van der Waals surface area contributed by atoms with Crippen LogP contribution in [-0.2, 0) is 0 Å². The maximum Gasteiger partial charge on any atom is 0.402 e. The number of alkyl halides is 3. The standard InChI is InChI=1S/C9H16F3N3S/c10-9(11,12)7(16-8(13)14)6-15-4-2-1-3-5-15/h7H,1-6H2,(H3,13,14)/t7-/m0/s1. The molecule has 3 N–H and O–H groups in total. The number of likely N-dealkylation sites (tertiary alicyclic amines) is 1. The third kappa shape index (κ3) is 4.61. The van der Waals surface area contributed by atoms with Crippen molar-refractivity contribution in [3.05, 3.63) is 0 Å². The highest BCUT2D eigenvalue weighted by Gasteiger charge is 2.41. The van der Waals surface area contributed by atoms with Crippen molar-refractivity contribution in [2.24, 2.45) is 5.73 Å². The van der Waals surface area contributed by atoms with Crippen molar-refractivity contribution in [2.45, 2.75) is 30.7 Å². The quantitative estimate of drug-likeness (QED) is 0.599. The predicted octanol–water partition coefficient (Wildman–Crippen LogP) is 2.03. The molecule has 7 heteroatoms. The SMILES string of the molecule is N=C(N)S[C@@H](CN1CCCCC1)C(F)(F)F. The molecule has 0 spiro atoms. The summed E-state index contributed by atoms with van der Waals surface area (Å²) in [6.45, 7) is 1.36. The number of nitrogens with one attached hydrogen (secondary N) is 1. The van der Waals surface area contributed by atoms with Crippen molar-refractivity contribution in [2.75, 3.05) is 19.6 Å². The largest absolute Gasteiger partial charge is 0.402 e. The highest BCUT2D eigenvalue weighted by Crippen LogP contribution is 2.31. The van der Waals surface area contributed by atoms with Crippen LogP contribution in [0.15, 0.2) is 0 Å². The molecule has 0 bridgehead atoms. The van der Waals surface area contributed by atoms with Gasteiger partial charge in [-0.1, -0.05) is 18.2 Å². The second kappa shape index (κ2) is 5.77. The normalized spacial score (nSPS) is 20.7. The molecular formula is C9H16F3N3S. The number of nitrogens with two attached hydrogens (primary N) is 1. The average Bonchev–Trinajstić information content (AvgIpc) is 2.16. The summed E-state index contributed by atoms with van der Waals surface area (Å²) in [5.41, 5.74) is 5.02. The van der Waals surface area contributed by atoms with Crippen LogP contribution in [0.2, 0.25) is 0 Å². The summed E-state index contributed by atoms with van der Waals surface area (Å²) in [6.07, 6.45) is -1.30. The molecule has 94 valence electrons. The van der Waals surface area contributed by atoms with E-state index in [9.17, 15) is 13.2 Å². The highest BCUT2D eigenvalue weighted by molar-refractivity contribution is 8.14. The lowest BCUT2D eigenvalue weighted by molar-refractivity contribution is -0.132. The first-order valence-corrected chi connectivity index (χ1v) is 6.07. The molecule has 0 aromatic rings. The van der Waals surface area contributed by atoms with Crippen LogP contribution in [0.4, 0.5) is 13.2 Å². The van der Waals surface area contributed by atoms with E-state index in [2.05, 4.69) is 0 Å². The number of halogens is 3. The van der Waals surface area contributed by atoms with Gasteiger partial charge in [0.15, 0.2) is 5.17 Å². The first-order valence-electron chi connectivity index (χ1n) is 5.19. The first kappa shape index (κ1) is 13.6. The zero-order chi connectivity index (χ0) is 12.2. The molecule has 0 amide bonds. The smallest absolute Gasteiger partial charge is 0.379 e. The van der Waals surface area contributed by atoms with Crippen molar-refractivity contribution >= 4 is 16.9 Å². The Morgan fingerprint density at radius 1 is 1.31 bits per heavy atom. The molecule has 1 aliphatic heterocycles. The van der Waals surface area contributed by atoms with E-state index in [1.807, 2.05) is 0 Å². The van der Waals surface area contributed by atoms with Gasteiger partial charge in [0.1, 0.15) is 5.25 Å². The number of piperidine rings is 1. The summed E-state index contributed by atoms with van der Waals surface area (Å²) in [6, 6.07) is 0. The van der Waals surface area contributed by atoms with E-state index in [4.69, 9.17) is 11.1 Å². The summed E-state index contributed by atoms with van der Waals surface area (Å²) >= 11 is 0.395. The average molecular weight is 255 g/mol. The van der Waals surface area contributed by atoms with Gasteiger partial charge in [0, 0.05) is 6.54 Å². The second-order valence-electron chi connectivity index (χ2n) is 3.87. The van der Waals surface area contributed by atoms with E-state index in [0.29, 0.717) is 24.9 Å². The van der Waals surface area contributed by atoms with Gasteiger partial charge >= 0.3 is 6.18 Å². The number of hydrogen-bond acceptors (Lipinski definition) is 3. The number of hydrogen-bond donors (Lipinski definition) is 2. The molecule has 1 fully saturated rings. The van der Waals surface area contributed by atoms with Crippen LogP contribution in [0.5, 0.6) is 0 Å². The van der Waals surface area contributed by atoms with Gasteiger partial charge in [-0.05, 0) is 25.9 Å². The lowest BCUT2D eigenvalue weighted by Crippen LogP contribution is -2.42. The Morgan fingerprint density at radius 3 is 2.31 bits per heavy atom. The van der Waals surface area contributed by atoms with E-state index in [0.717, 1.165) is 19.3 Å². The third-order valence-corrected chi connectivity index (χ3v) is 3.46. The Bertz CT molecular complexity index is 239. The number of rotatable bonds is 3. The minimum atomic E-state index is -4.30. The molecule has 1 heterocycles. The fraction of sp³-hybridized carbons (Fsp3) is 0.889. The molecule has 0 aromatic heterocycles. The van der Waals surface area contributed by atoms with Gasteiger partial charge in [-0.3, -0.25) is 5.41 Å². The fourth-order valence-electron chi connectivity index (χ4n) is 1.74. The second-order valence-corrected chi connectivity index (χ2v) is 5.12. The summed E-state index contributed by atoms with van der Waals surface area (Å²) in [4.78, 5) is 1.80. The van der Waals surface area contributed by atoms with E-state index < -0.39 is 16.6 Å². The summed E-state index contributed by atoms with van der Waals surface area (Å²) in [7, 11) is 0. The van der Waals surface area contributed by atoms with Crippen molar-refractivity contribution in [3.8, 4) is 0 Å². The van der Waals surface area contributed by atoms with Crippen molar-refractivity contribution in [1.82, 2.24) is 4.90 Å². The van der Waals surface area contributed by atoms with Gasteiger partial charge in [0.05, 0.1) is 0 Å². The number of thioether (sulfide) groups is 1. The van der Waals surface area contributed by atoms with Gasteiger partial charge in [0.25, 0.3) is 0 Å². The molecule has 3 nitrogen and oxygen atoms in total. The minimum absolute atomic E-state index is 0.0618. The molecule has 0 saturated carbocycles. The monoisotopic (exact) mass is 255 g/mol. The summed E-state index contributed by atoms with van der Waals surface area (Å²) in [5.74, 6) is 0. The topological polar surface area (TPSA) is 53.1 Å². The van der Waals surface area contributed by atoms with Crippen LogP contribution >= 0.6 is 11.8 Å². The first-order chi connectivity index (χ1) is 7.39. The summed E-state index contributed by atoms with van der Waals surface area (Å²) < 4.78 is 37.9. The molecule has 1 saturated heterocycles. The van der Waals surface area contributed by atoms with E-state index in [1.165, 1.54) is 0 Å². The van der Waals surface area contributed by atoms with E-state index in [-0.39, 0.29) is 6.54 Å². The highest BCUT2D eigenvalue weighted by atomic mass is 32.2. The van der Waals surface area contributed by atoms with Crippen LogP contribution in [0.3, 0.4) is 0 Å². The Hall–Kier alpha value is -0.430. The van der Waals surface area contributed by atoms with Crippen molar-refractivity contribution in [1.29, 1.82) is 5.41 Å². The molecule has 1 aliphatic rings. The third-order valence-electron chi connectivity index (χ3n) is 2.51.